The number of fused-ring (bicyclic) bond motifs is 3. The molecule has 1 aliphatic heterocycles. The molecule has 0 radical (unpaired) electrons. The van der Waals surface area contributed by atoms with E-state index >= 15 is 0 Å². The van der Waals surface area contributed by atoms with Gasteiger partial charge in [0.15, 0.2) is 5.13 Å². The van der Waals surface area contributed by atoms with Gasteiger partial charge in [0.2, 0.25) is 0 Å². The van der Waals surface area contributed by atoms with Gasteiger partial charge in [-0.2, -0.15) is 0 Å². The third kappa shape index (κ3) is 3.54. The van der Waals surface area contributed by atoms with Crippen molar-refractivity contribution in [2.24, 2.45) is 0 Å². The fraction of sp³-hybridized carbons (Fsp3) is 0.381. The second kappa shape index (κ2) is 8.08. The number of hydrazine groups is 1. The number of anilines is 1. The summed E-state index contributed by atoms with van der Waals surface area (Å²) in [5, 5.41) is 3.58. The molecule has 0 spiro atoms. The number of aryl methyl sites for hydroxylation is 2. The van der Waals surface area contributed by atoms with Gasteiger partial charge < -0.3 is 14.6 Å². The Hall–Kier alpha value is -2.91. The number of thiazole rings is 1. The number of nitrogens with zero attached hydrogens (tertiary/aromatic N) is 2. The molecule has 30 heavy (non-hydrogen) atoms. The van der Waals surface area contributed by atoms with E-state index in [-0.39, 0.29) is 11.6 Å². The third-order valence-electron chi connectivity index (χ3n) is 5.67. The lowest BCUT2D eigenvalue weighted by atomic mass is 9.95. The number of nitrogens with one attached hydrogen (secondary N) is 3. The molecule has 3 aromatic rings. The van der Waals surface area contributed by atoms with E-state index in [1.54, 1.807) is 11.4 Å². The standard InChI is InChI=1S/C21H23N5O3S/c27-19(15-6-3-5-14-13-4-1-2-7-16(13)22-18(14)15)24-25-20(28)17-12-30-21(23-17)26-8-10-29-11-9-26/h3,5-6,12,22H,1-2,4,7-11H2,(H,24,27)(H,25,28). The smallest absolute Gasteiger partial charge is 0.289 e. The van der Waals surface area contributed by atoms with Gasteiger partial charge in [-0.25, -0.2) is 4.98 Å². The van der Waals surface area contributed by atoms with Gasteiger partial charge in [-0.15, -0.1) is 11.3 Å². The van der Waals surface area contributed by atoms with Crippen LogP contribution in [-0.2, 0) is 17.6 Å². The largest absolute Gasteiger partial charge is 0.378 e. The van der Waals surface area contributed by atoms with Crippen LogP contribution in [-0.4, -0.2) is 48.1 Å². The number of para-hydroxylation sites is 1. The summed E-state index contributed by atoms with van der Waals surface area (Å²) >= 11 is 1.41. The maximum atomic E-state index is 12.8. The minimum Gasteiger partial charge on any atom is -0.378 e. The summed E-state index contributed by atoms with van der Waals surface area (Å²) in [6, 6.07) is 5.70. The predicted molar refractivity (Wildman–Crippen MR) is 115 cm³/mol. The molecule has 156 valence electrons. The number of carbonyl (C=O) groups is 2. The zero-order valence-corrected chi connectivity index (χ0v) is 17.3. The van der Waals surface area contributed by atoms with E-state index in [0.29, 0.717) is 18.8 Å². The van der Waals surface area contributed by atoms with E-state index in [1.165, 1.54) is 29.0 Å². The van der Waals surface area contributed by atoms with Crippen LogP contribution in [0.2, 0.25) is 0 Å². The van der Waals surface area contributed by atoms with Crippen molar-refractivity contribution in [2.45, 2.75) is 25.7 Å². The zero-order chi connectivity index (χ0) is 20.5. The summed E-state index contributed by atoms with van der Waals surface area (Å²) in [4.78, 5) is 35.2. The Kier molecular flexibility index (Phi) is 5.14. The molecule has 2 aromatic heterocycles. The maximum Gasteiger partial charge on any atom is 0.289 e. The Morgan fingerprint density at radius 3 is 2.77 bits per heavy atom. The van der Waals surface area contributed by atoms with Crippen molar-refractivity contribution in [2.75, 3.05) is 31.2 Å². The number of amides is 2. The van der Waals surface area contributed by atoms with E-state index in [0.717, 1.165) is 48.4 Å². The first-order chi connectivity index (χ1) is 14.7. The average Bonchev–Trinajstić information content (AvgIpc) is 3.43. The highest BCUT2D eigenvalue weighted by molar-refractivity contribution is 7.13. The average molecular weight is 426 g/mol. The van der Waals surface area contributed by atoms with Crippen LogP contribution in [0.3, 0.4) is 0 Å². The fourth-order valence-electron chi connectivity index (χ4n) is 4.13. The molecular formula is C21H23N5O3S. The van der Waals surface area contributed by atoms with Crippen LogP contribution in [0.25, 0.3) is 10.9 Å². The maximum absolute atomic E-state index is 12.8. The zero-order valence-electron chi connectivity index (χ0n) is 16.5. The van der Waals surface area contributed by atoms with Crippen molar-refractivity contribution in [1.29, 1.82) is 0 Å². The van der Waals surface area contributed by atoms with Crippen LogP contribution in [0.5, 0.6) is 0 Å². The molecule has 0 saturated carbocycles. The molecule has 3 N–H and O–H groups in total. The highest BCUT2D eigenvalue weighted by Gasteiger charge is 2.21. The minimum atomic E-state index is -0.433. The fourth-order valence-corrected chi connectivity index (χ4v) is 4.99. The number of morpholine rings is 1. The molecule has 0 bridgehead atoms. The number of aromatic nitrogens is 2. The van der Waals surface area contributed by atoms with Crippen molar-refractivity contribution in [1.82, 2.24) is 20.8 Å². The molecule has 5 rings (SSSR count). The number of hydrogen-bond acceptors (Lipinski definition) is 6. The number of carbonyl (C=O) groups excluding carboxylic acids is 2. The monoisotopic (exact) mass is 425 g/mol. The normalized spacial score (nSPS) is 16.3. The minimum absolute atomic E-state index is 0.287. The lowest BCUT2D eigenvalue weighted by Gasteiger charge is -2.25. The van der Waals surface area contributed by atoms with E-state index in [1.807, 2.05) is 12.1 Å². The van der Waals surface area contributed by atoms with E-state index in [2.05, 4.69) is 25.7 Å². The number of H-pyrrole nitrogens is 1. The lowest BCUT2D eigenvalue weighted by molar-refractivity contribution is 0.0845. The van der Waals surface area contributed by atoms with E-state index in [9.17, 15) is 9.59 Å². The number of aromatic amines is 1. The molecule has 2 amide bonds. The summed E-state index contributed by atoms with van der Waals surface area (Å²) in [6.07, 6.45) is 4.38. The quantitative estimate of drug-likeness (QED) is 0.560. The number of rotatable bonds is 3. The number of hydrogen-bond donors (Lipinski definition) is 3. The first-order valence-corrected chi connectivity index (χ1v) is 11.1. The van der Waals surface area contributed by atoms with Crippen molar-refractivity contribution >= 4 is 39.2 Å². The van der Waals surface area contributed by atoms with Crippen LogP contribution >= 0.6 is 11.3 Å². The van der Waals surface area contributed by atoms with E-state index < -0.39 is 5.91 Å². The SMILES string of the molecule is O=C(NNC(=O)c1cccc2c3c([nH]c12)CCCC3)c1csc(N2CCOCC2)n1. The van der Waals surface area contributed by atoms with Crippen LogP contribution in [0.4, 0.5) is 5.13 Å². The Balaban J connectivity index is 1.28. The van der Waals surface area contributed by atoms with Crippen molar-refractivity contribution in [3.63, 3.8) is 0 Å². The first kappa shape index (κ1) is 19.1. The summed E-state index contributed by atoms with van der Waals surface area (Å²) in [5.74, 6) is -0.784. The van der Waals surface area contributed by atoms with E-state index in [4.69, 9.17) is 4.74 Å². The highest BCUT2D eigenvalue weighted by atomic mass is 32.1. The topological polar surface area (TPSA) is 99.4 Å². The Morgan fingerprint density at radius 1 is 1.10 bits per heavy atom. The summed E-state index contributed by atoms with van der Waals surface area (Å²) in [5.41, 5.74) is 9.20. The van der Waals surface area contributed by atoms with Gasteiger partial charge in [0.1, 0.15) is 5.69 Å². The third-order valence-corrected chi connectivity index (χ3v) is 6.58. The van der Waals surface area contributed by atoms with Gasteiger partial charge in [-0.3, -0.25) is 20.4 Å². The van der Waals surface area contributed by atoms with Crippen molar-refractivity contribution < 1.29 is 14.3 Å². The van der Waals surface area contributed by atoms with Gasteiger partial charge in [-0.1, -0.05) is 12.1 Å². The molecule has 0 atom stereocenters. The predicted octanol–water partition coefficient (Wildman–Crippen LogP) is 2.41. The molecule has 1 fully saturated rings. The molecule has 2 aliphatic rings. The number of benzene rings is 1. The highest BCUT2D eigenvalue weighted by Crippen LogP contribution is 2.30. The van der Waals surface area contributed by atoms with Crippen LogP contribution in [0.15, 0.2) is 23.6 Å². The summed E-state index contributed by atoms with van der Waals surface area (Å²) < 4.78 is 5.35. The van der Waals surface area contributed by atoms with Crippen LogP contribution in [0.1, 0.15) is 44.9 Å². The van der Waals surface area contributed by atoms with Crippen LogP contribution < -0.4 is 15.8 Å². The summed E-state index contributed by atoms with van der Waals surface area (Å²) in [6.45, 7) is 2.83. The molecular weight excluding hydrogens is 402 g/mol. The van der Waals surface area contributed by atoms with Gasteiger partial charge in [0, 0.05) is 29.5 Å². The lowest BCUT2D eigenvalue weighted by Crippen LogP contribution is -2.42. The molecule has 9 heteroatoms. The van der Waals surface area contributed by atoms with Crippen molar-refractivity contribution in [3.05, 3.63) is 46.1 Å². The molecule has 0 unspecified atom stereocenters. The van der Waals surface area contributed by atoms with Gasteiger partial charge >= 0.3 is 0 Å². The molecule has 1 aliphatic carbocycles. The van der Waals surface area contributed by atoms with Gasteiger partial charge in [0.05, 0.1) is 24.3 Å². The van der Waals surface area contributed by atoms with Crippen LogP contribution in [0, 0.1) is 0 Å². The van der Waals surface area contributed by atoms with Gasteiger partial charge in [-0.05, 0) is 37.3 Å². The van der Waals surface area contributed by atoms with Crippen molar-refractivity contribution in [3.8, 4) is 0 Å². The number of ether oxygens (including phenoxy) is 1. The Labute approximate surface area is 177 Å². The molecule has 1 saturated heterocycles. The summed E-state index contributed by atoms with van der Waals surface area (Å²) in [7, 11) is 0. The Bertz CT molecular complexity index is 1100. The second-order valence-electron chi connectivity index (χ2n) is 7.54. The molecule has 3 heterocycles. The second-order valence-corrected chi connectivity index (χ2v) is 8.38. The molecule has 8 nitrogen and oxygen atoms in total. The Morgan fingerprint density at radius 2 is 1.90 bits per heavy atom. The molecule has 1 aromatic carbocycles. The first-order valence-electron chi connectivity index (χ1n) is 10.2. The van der Waals surface area contributed by atoms with Gasteiger partial charge in [0.25, 0.3) is 11.8 Å².